The number of hydrogen-bond donors (Lipinski definition) is 4. The van der Waals surface area contributed by atoms with E-state index >= 15 is 0 Å². The Balaban J connectivity index is 0.000000309. The summed E-state index contributed by atoms with van der Waals surface area (Å²) < 4.78 is 15.9. The van der Waals surface area contributed by atoms with E-state index in [1.165, 1.54) is 26.0 Å². The van der Waals surface area contributed by atoms with Crippen molar-refractivity contribution in [2.24, 2.45) is 0 Å². The summed E-state index contributed by atoms with van der Waals surface area (Å²) in [5.41, 5.74) is 12.4. The van der Waals surface area contributed by atoms with Gasteiger partial charge in [0.25, 0.3) is 0 Å². The van der Waals surface area contributed by atoms with Crippen LogP contribution in [0.15, 0.2) is 24.8 Å². The second kappa shape index (κ2) is 20.9. The number of carbonyl (C=O) groups excluding carboxylic acids is 3. The molecule has 3 aliphatic heterocycles. The van der Waals surface area contributed by atoms with Crippen molar-refractivity contribution in [3.05, 3.63) is 75.4 Å². The number of rotatable bonds is 12. The van der Waals surface area contributed by atoms with Crippen LogP contribution in [0.5, 0.6) is 0 Å². The lowest BCUT2D eigenvalue weighted by atomic mass is 9.97. The van der Waals surface area contributed by atoms with E-state index in [1.807, 2.05) is 26.0 Å². The molecule has 3 aliphatic rings. The number of aliphatic hydroxyl groups is 2. The zero-order valence-electron chi connectivity index (χ0n) is 35.5. The van der Waals surface area contributed by atoms with Crippen LogP contribution in [-0.4, -0.2) is 97.2 Å². The largest absolute Gasteiger partial charge is 0.469 e. The van der Waals surface area contributed by atoms with E-state index in [0.717, 1.165) is 74.4 Å². The molecule has 3 aromatic rings. The third-order valence-corrected chi connectivity index (χ3v) is 13.3. The van der Waals surface area contributed by atoms with Crippen LogP contribution in [0.2, 0.25) is 0 Å². The summed E-state index contributed by atoms with van der Waals surface area (Å²) in [5.74, 6) is 0.904. The normalized spacial score (nSPS) is 18.9. The Morgan fingerprint density at radius 3 is 2.36 bits per heavy atom. The quantitative estimate of drug-likeness (QED) is 0.102. The summed E-state index contributed by atoms with van der Waals surface area (Å²) >= 11 is 3.05. The summed E-state index contributed by atoms with van der Waals surface area (Å²) in [6.07, 6.45) is 5.31. The molecule has 0 aromatic carbocycles. The molecule has 4 atom stereocenters. The predicted molar refractivity (Wildman–Crippen MR) is 238 cm³/mol. The summed E-state index contributed by atoms with van der Waals surface area (Å²) in [6.45, 7) is 16.2. The summed E-state index contributed by atoms with van der Waals surface area (Å²) in [4.78, 5) is 54.0. The van der Waals surface area contributed by atoms with Crippen LogP contribution < -0.4 is 0 Å². The Morgan fingerprint density at radius 1 is 0.966 bits per heavy atom. The van der Waals surface area contributed by atoms with Crippen molar-refractivity contribution in [3.8, 4) is 0 Å². The topological polar surface area (TPSA) is 177 Å². The number of aromatic nitrogens is 4. The number of aliphatic hydroxyl groups excluding tert-OH is 2. The minimum Gasteiger partial charge on any atom is -0.469 e. The average Bonchev–Trinajstić information content (AvgIpc) is 3.93. The summed E-state index contributed by atoms with van der Waals surface area (Å²) in [7, 11) is 2.70. The third-order valence-electron chi connectivity index (χ3n) is 11.0. The van der Waals surface area contributed by atoms with Crippen molar-refractivity contribution in [2.75, 3.05) is 32.3 Å². The van der Waals surface area contributed by atoms with Gasteiger partial charge in [0, 0.05) is 75.5 Å². The average molecular weight is 847 g/mol. The number of aromatic amines is 2. The van der Waals surface area contributed by atoms with Gasteiger partial charge in [-0.25, -0.2) is 9.78 Å². The number of methoxy groups -OCH3 is 2. The maximum absolute atomic E-state index is 13.1. The lowest BCUT2D eigenvalue weighted by Gasteiger charge is -2.31. The van der Waals surface area contributed by atoms with Gasteiger partial charge < -0.3 is 34.4 Å². The van der Waals surface area contributed by atoms with Gasteiger partial charge in [-0.1, -0.05) is 45.2 Å². The van der Waals surface area contributed by atoms with E-state index in [1.54, 1.807) is 11.8 Å². The highest BCUT2D eigenvalue weighted by Crippen LogP contribution is 2.37. The molecule has 0 spiro atoms. The number of H-pyrrole nitrogens is 2. The number of hydrogen-bond acceptors (Lipinski definition) is 12. The van der Waals surface area contributed by atoms with Crippen molar-refractivity contribution >= 4 is 79.9 Å². The molecule has 8 bridgehead atoms. The van der Waals surface area contributed by atoms with Gasteiger partial charge in [0.15, 0.2) is 5.12 Å². The van der Waals surface area contributed by atoms with Crippen molar-refractivity contribution in [1.82, 2.24) is 19.9 Å². The SMILES string of the molecule is C=Cc1c(C)c2cc3nc(c(CC(=O)OC)c4nc(cc5[nH]c(cc1[nH]2)c(C)c5CC)C(C)=C4C(=O)OC)CC3C.CCC(=O)SCCCSC1CC(O)CC(CO)O1. The molecule has 59 heavy (non-hydrogen) atoms. The first-order chi connectivity index (χ1) is 28.3. The minimum atomic E-state index is -0.508. The number of carbonyl (C=O) groups is 3. The number of esters is 2. The van der Waals surface area contributed by atoms with Gasteiger partial charge in [0.05, 0.1) is 56.4 Å². The lowest BCUT2D eigenvalue weighted by molar-refractivity contribution is -0.140. The number of fused-ring (bicyclic) bond motifs is 8. The van der Waals surface area contributed by atoms with Gasteiger partial charge in [-0.15, -0.1) is 11.8 Å². The van der Waals surface area contributed by atoms with Crippen LogP contribution in [0.25, 0.3) is 39.3 Å². The van der Waals surface area contributed by atoms with E-state index in [0.29, 0.717) is 59.5 Å². The first-order valence-electron chi connectivity index (χ1n) is 20.2. The molecule has 0 radical (unpaired) electrons. The van der Waals surface area contributed by atoms with Crippen LogP contribution in [0, 0.1) is 13.8 Å². The summed E-state index contributed by atoms with van der Waals surface area (Å²) in [5, 5.41) is 18.9. The Hall–Kier alpha value is -4.21. The highest BCUT2D eigenvalue weighted by molar-refractivity contribution is 8.13. The zero-order chi connectivity index (χ0) is 43.0. The van der Waals surface area contributed by atoms with E-state index < -0.39 is 11.9 Å². The van der Waals surface area contributed by atoms with E-state index in [2.05, 4.69) is 56.4 Å². The van der Waals surface area contributed by atoms with Gasteiger partial charge in [-0.2, -0.15) is 0 Å². The first kappa shape index (κ1) is 45.9. The van der Waals surface area contributed by atoms with Gasteiger partial charge in [-0.05, 0) is 86.2 Å². The lowest BCUT2D eigenvalue weighted by Crippen LogP contribution is -2.36. The third kappa shape index (κ3) is 10.8. The first-order valence-corrected chi connectivity index (χ1v) is 22.3. The molecule has 0 aliphatic carbocycles. The van der Waals surface area contributed by atoms with Gasteiger partial charge in [-0.3, -0.25) is 14.6 Å². The number of thioether (sulfide) groups is 2. The monoisotopic (exact) mass is 846 g/mol. The number of ether oxygens (including phenoxy) is 3. The molecule has 0 amide bonds. The van der Waals surface area contributed by atoms with Crippen LogP contribution in [0.1, 0.15) is 110 Å². The van der Waals surface area contributed by atoms with E-state index in [4.69, 9.17) is 29.3 Å². The number of nitrogens with one attached hydrogen (secondary N) is 2. The second-order valence-electron chi connectivity index (χ2n) is 15.0. The Labute approximate surface area is 355 Å². The van der Waals surface area contributed by atoms with Crippen LogP contribution >= 0.6 is 23.5 Å². The highest BCUT2D eigenvalue weighted by atomic mass is 32.2. The molecule has 6 rings (SSSR count). The fourth-order valence-electron chi connectivity index (χ4n) is 7.63. The standard InChI is InChI=1S/C33H36N4O4.C12H22O4S2/c1-9-20-17(4)24-13-23-16(3)11-27(34-23)22(12-30(38)40-7)32-31(33(39)41-8)19(6)26(37-32)15-29-21(10-2)18(5)25(36-29)14-28(20)35-24;1-2-11(15)17-4-3-5-18-12-7-9(14)6-10(8-13)16-12/h9,13-16,35-36H,1,10-12H2,2-8H3;9-10,12-14H,2-8H2,1H3. The highest BCUT2D eigenvalue weighted by Gasteiger charge is 2.31. The molecule has 14 heteroatoms. The number of allylic oxidation sites excluding steroid dienone is 1. The van der Waals surface area contributed by atoms with Gasteiger partial charge >= 0.3 is 11.9 Å². The van der Waals surface area contributed by atoms with Crippen LogP contribution in [0.3, 0.4) is 0 Å². The smallest absolute Gasteiger partial charge is 0.340 e. The number of nitrogens with zero attached hydrogens (tertiary/aromatic N) is 2. The van der Waals surface area contributed by atoms with Crippen LogP contribution in [-0.2, 0) is 47.9 Å². The Morgan fingerprint density at radius 2 is 1.69 bits per heavy atom. The van der Waals surface area contributed by atoms with Crippen molar-refractivity contribution in [1.29, 1.82) is 0 Å². The van der Waals surface area contributed by atoms with Crippen molar-refractivity contribution < 1.29 is 38.8 Å². The molecule has 4 N–H and O–H groups in total. The Kier molecular flexibility index (Phi) is 16.2. The fraction of sp³-hybridized carbons (Fsp3) is 0.489. The van der Waals surface area contributed by atoms with Gasteiger partial charge in [0.2, 0.25) is 0 Å². The maximum atomic E-state index is 13.1. The molecule has 0 saturated carbocycles. The van der Waals surface area contributed by atoms with E-state index in [9.17, 15) is 19.5 Å². The molecule has 1 saturated heterocycles. The van der Waals surface area contributed by atoms with Gasteiger partial charge in [0.1, 0.15) is 5.44 Å². The summed E-state index contributed by atoms with van der Waals surface area (Å²) in [6, 6.07) is 6.16. The zero-order valence-corrected chi connectivity index (χ0v) is 37.1. The predicted octanol–water partition coefficient (Wildman–Crippen LogP) is 7.94. The number of aryl methyl sites for hydroxylation is 3. The second-order valence-corrected chi connectivity index (χ2v) is 17.4. The fourth-order valence-corrected chi connectivity index (χ4v) is 9.70. The molecular weight excluding hydrogens is 789 g/mol. The van der Waals surface area contributed by atoms with E-state index in [-0.39, 0.29) is 41.7 Å². The Bertz CT molecular complexity index is 2260. The molecule has 318 valence electrons. The molecule has 3 aromatic heterocycles. The molecule has 6 heterocycles. The minimum absolute atomic E-state index is 0.0298. The van der Waals surface area contributed by atoms with Crippen LogP contribution in [0.4, 0.5) is 0 Å². The molecule has 1 fully saturated rings. The molecule has 12 nitrogen and oxygen atoms in total. The molecular formula is C45H58N4O8S2. The van der Waals surface area contributed by atoms with Crippen molar-refractivity contribution in [3.63, 3.8) is 0 Å². The maximum Gasteiger partial charge on any atom is 0.340 e. The van der Waals surface area contributed by atoms with Crippen molar-refractivity contribution in [2.45, 2.75) is 110 Å². The molecule has 4 unspecified atom stereocenters.